The molecule has 2 rings (SSSR count). The van der Waals surface area contributed by atoms with Gasteiger partial charge in [-0.3, -0.25) is 9.69 Å². The van der Waals surface area contributed by atoms with Crippen molar-refractivity contribution in [1.29, 1.82) is 0 Å². The Morgan fingerprint density at radius 2 is 2.00 bits per heavy atom. The summed E-state index contributed by atoms with van der Waals surface area (Å²) < 4.78 is 5.72. The minimum atomic E-state index is 0.236. The zero-order valence-electron chi connectivity index (χ0n) is 11.6. The molecular formula is C13H25N3O2. The van der Waals surface area contributed by atoms with E-state index in [4.69, 9.17) is 4.74 Å². The van der Waals surface area contributed by atoms with Crippen molar-refractivity contribution in [1.82, 2.24) is 14.7 Å². The lowest BCUT2D eigenvalue weighted by atomic mass is 10.2. The first-order valence-electron chi connectivity index (χ1n) is 6.91. The minimum absolute atomic E-state index is 0.236. The van der Waals surface area contributed by atoms with Crippen LogP contribution in [0, 0.1) is 0 Å². The Bertz CT molecular complexity index is 277. The lowest BCUT2D eigenvalue weighted by Crippen LogP contribution is -2.49. The zero-order chi connectivity index (χ0) is 13.0. The van der Waals surface area contributed by atoms with E-state index in [0.717, 1.165) is 52.2 Å². The number of carbonyl (C=O) groups is 1. The second-order valence-corrected chi connectivity index (χ2v) is 5.58. The average molecular weight is 255 g/mol. The summed E-state index contributed by atoms with van der Waals surface area (Å²) in [6, 6.07) is 0. The molecule has 2 aliphatic heterocycles. The van der Waals surface area contributed by atoms with Crippen LogP contribution in [-0.2, 0) is 9.53 Å². The number of amides is 1. The summed E-state index contributed by atoms with van der Waals surface area (Å²) in [5.41, 5.74) is 0. The Balaban J connectivity index is 1.76. The van der Waals surface area contributed by atoms with Gasteiger partial charge in [0.25, 0.3) is 0 Å². The molecule has 2 fully saturated rings. The van der Waals surface area contributed by atoms with Crippen molar-refractivity contribution in [3.8, 4) is 0 Å². The van der Waals surface area contributed by atoms with Gasteiger partial charge >= 0.3 is 0 Å². The molecule has 0 radical (unpaired) electrons. The number of morpholine rings is 1. The molecule has 2 saturated heterocycles. The second-order valence-electron chi connectivity index (χ2n) is 5.58. The normalized spacial score (nSPS) is 25.9. The van der Waals surface area contributed by atoms with Crippen LogP contribution in [0.2, 0.25) is 0 Å². The third kappa shape index (κ3) is 3.93. The van der Waals surface area contributed by atoms with E-state index in [-0.39, 0.29) is 12.0 Å². The van der Waals surface area contributed by atoms with E-state index in [2.05, 4.69) is 23.9 Å². The smallest absolute Gasteiger partial charge is 0.236 e. The predicted octanol–water partition coefficient (Wildman–Crippen LogP) is -0.129. The monoisotopic (exact) mass is 255 g/mol. The van der Waals surface area contributed by atoms with Gasteiger partial charge in [0.2, 0.25) is 5.91 Å². The lowest BCUT2D eigenvalue weighted by molar-refractivity contribution is -0.133. The van der Waals surface area contributed by atoms with E-state index < -0.39 is 0 Å². The first-order chi connectivity index (χ1) is 8.65. The maximum Gasteiger partial charge on any atom is 0.236 e. The second kappa shape index (κ2) is 6.50. The third-order valence-electron chi connectivity index (χ3n) is 3.61. The molecular weight excluding hydrogens is 230 g/mol. The highest BCUT2D eigenvalue weighted by atomic mass is 16.5. The standard InChI is InChI=1S/C13H25N3O2/c1-14(2)9-12-10-15(7-8-18-12)11-13(17)16-5-3-4-6-16/h12H,3-11H2,1-2H3/t12-/m0/s1. The van der Waals surface area contributed by atoms with Gasteiger partial charge < -0.3 is 14.5 Å². The van der Waals surface area contributed by atoms with Crippen LogP contribution in [0.5, 0.6) is 0 Å². The van der Waals surface area contributed by atoms with Gasteiger partial charge in [-0.05, 0) is 26.9 Å². The van der Waals surface area contributed by atoms with E-state index in [1.165, 1.54) is 0 Å². The number of ether oxygens (including phenoxy) is 1. The summed E-state index contributed by atoms with van der Waals surface area (Å²) in [6.45, 7) is 5.88. The summed E-state index contributed by atoms with van der Waals surface area (Å²) in [5.74, 6) is 0.290. The summed E-state index contributed by atoms with van der Waals surface area (Å²) in [5, 5.41) is 0. The molecule has 0 unspecified atom stereocenters. The molecule has 0 aliphatic carbocycles. The summed E-state index contributed by atoms with van der Waals surface area (Å²) >= 11 is 0. The molecule has 0 saturated carbocycles. The fraction of sp³-hybridized carbons (Fsp3) is 0.923. The fourth-order valence-corrected chi connectivity index (χ4v) is 2.70. The Labute approximate surface area is 110 Å². The van der Waals surface area contributed by atoms with Gasteiger partial charge in [0, 0.05) is 32.7 Å². The van der Waals surface area contributed by atoms with E-state index in [0.29, 0.717) is 6.54 Å². The van der Waals surface area contributed by atoms with Crippen LogP contribution in [0.1, 0.15) is 12.8 Å². The molecule has 104 valence electrons. The van der Waals surface area contributed by atoms with Crippen molar-refractivity contribution in [2.45, 2.75) is 18.9 Å². The largest absolute Gasteiger partial charge is 0.374 e. The Kier molecular flexibility index (Phi) is 4.97. The molecule has 2 aliphatic rings. The number of likely N-dealkylation sites (N-methyl/N-ethyl adjacent to an activating group) is 1. The number of hydrogen-bond donors (Lipinski definition) is 0. The average Bonchev–Trinajstić information content (AvgIpc) is 2.81. The van der Waals surface area contributed by atoms with Gasteiger partial charge in [0.15, 0.2) is 0 Å². The molecule has 5 nitrogen and oxygen atoms in total. The molecule has 0 spiro atoms. The van der Waals surface area contributed by atoms with Crippen molar-refractivity contribution in [2.75, 3.05) is 60.0 Å². The van der Waals surface area contributed by atoms with E-state index >= 15 is 0 Å². The number of likely N-dealkylation sites (tertiary alicyclic amines) is 1. The predicted molar refractivity (Wildman–Crippen MR) is 70.5 cm³/mol. The van der Waals surface area contributed by atoms with Gasteiger partial charge in [-0.1, -0.05) is 0 Å². The van der Waals surface area contributed by atoms with Gasteiger partial charge in [-0.25, -0.2) is 0 Å². The Hall–Kier alpha value is -0.650. The summed E-state index contributed by atoms with van der Waals surface area (Å²) in [6.07, 6.45) is 2.57. The van der Waals surface area contributed by atoms with Crippen molar-refractivity contribution in [2.24, 2.45) is 0 Å². The molecule has 1 atom stereocenters. The molecule has 18 heavy (non-hydrogen) atoms. The number of nitrogens with zero attached hydrogens (tertiary/aromatic N) is 3. The number of rotatable bonds is 4. The van der Waals surface area contributed by atoms with Crippen LogP contribution in [-0.4, -0.2) is 86.7 Å². The van der Waals surface area contributed by atoms with Gasteiger partial charge in [0.1, 0.15) is 0 Å². The molecule has 2 heterocycles. The van der Waals surface area contributed by atoms with Crippen LogP contribution in [0.25, 0.3) is 0 Å². The molecule has 5 heteroatoms. The minimum Gasteiger partial charge on any atom is -0.374 e. The Morgan fingerprint density at radius 3 is 2.67 bits per heavy atom. The summed E-state index contributed by atoms with van der Waals surface area (Å²) in [4.78, 5) is 18.4. The van der Waals surface area contributed by atoms with Crippen molar-refractivity contribution < 1.29 is 9.53 Å². The van der Waals surface area contributed by atoms with Crippen LogP contribution in [0.3, 0.4) is 0 Å². The highest BCUT2D eigenvalue weighted by Crippen LogP contribution is 2.10. The fourth-order valence-electron chi connectivity index (χ4n) is 2.70. The van der Waals surface area contributed by atoms with E-state index in [1.54, 1.807) is 0 Å². The highest BCUT2D eigenvalue weighted by molar-refractivity contribution is 5.78. The van der Waals surface area contributed by atoms with E-state index in [1.807, 2.05) is 4.90 Å². The first-order valence-corrected chi connectivity index (χ1v) is 6.91. The topological polar surface area (TPSA) is 36.0 Å². The molecule has 0 aromatic heterocycles. The van der Waals surface area contributed by atoms with Gasteiger partial charge in [0.05, 0.1) is 19.3 Å². The molecule has 0 bridgehead atoms. The molecule has 1 amide bonds. The number of hydrogen-bond acceptors (Lipinski definition) is 4. The first kappa shape index (κ1) is 13.8. The van der Waals surface area contributed by atoms with Crippen LogP contribution < -0.4 is 0 Å². The van der Waals surface area contributed by atoms with Crippen LogP contribution >= 0.6 is 0 Å². The number of carbonyl (C=O) groups excluding carboxylic acids is 1. The molecule has 0 aromatic carbocycles. The van der Waals surface area contributed by atoms with Crippen molar-refractivity contribution in [3.05, 3.63) is 0 Å². The van der Waals surface area contributed by atoms with Crippen LogP contribution in [0.4, 0.5) is 0 Å². The quantitative estimate of drug-likeness (QED) is 0.701. The highest BCUT2D eigenvalue weighted by Gasteiger charge is 2.25. The third-order valence-corrected chi connectivity index (χ3v) is 3.61. The van der Waals surface area contributed by atoms with E-state index in [9.17, 15) is 4.79 Å². The zero-order valence-corrected chi connectivity index (χ0v) is 11.6. The van der Waals surface area contributed by atoms with Crippen LogP contribution in [0.15, 0.2) is 0 Å². The molecule has 0 N–H and O–H groups in total. The molecule has 0 aromatic rings. The Morgan fingerprint density at radius 1 is 1.28 bits per heavy atom. The maximum absolute atomic E-state index is 12.1. The maximum atomic E-state index is 12.1. The van der Waals surface area contributed by atoms with Gasteiger partial charge in [-0.2, -0.15) is 0 Å². The van der Waals surface area contributed by atoms with Crippen molar-refractivity contribution >= 4 is 5.91 Å². The SMILES string of the molecule is CN(C)C[C@H]1CN(CC(=O)N2CCCC2)CCO1. The lowest BCUT2D eigenvalue weighted by Gasteiger charge is -2.34. The van der Waals surface area contributed by atoms with Crippen molar-refractivity contribution in [3.63, 3.8) is 0 Å². The summed E-state index contributed by atoms with van der Waals surface area (Å²) in [7, 11) is 4.11. The van der Waals surface area contributed by atoms with Gasteiger partial charge in [-0.15, -0.1) is 0 Å².